The number of ketones is 1. The zero-order valence-corrected chi connectivity index (χ0v) is 13.2. The van der Waals surface area contributed by atoms with Crippen molar-refractivity contribution in [1.29, 1.82) is 0 Å². The number of allylic oxidation sites excluding steroid dienone is 1. The van der Waals surface area contributed by atoms with Crippen LogP contribution in [0.1, 0.15) is 33.1 Å². The van der Waals surface area contributed by atoms with Gasteiger partial charge in [-0.1, -0.05) is 13.8 Å². The van der Waals surface area contributed by atoms with Crippen molar-refractivity contribution >= 4 is 11.8 Å². The molecule has 1 aliphatic rings. The first-order valence-corrected chi connectivity index (χ1v) is 7.10. The van der Waals surface area contributed by atoms with Crippen molar-refractivity contribution in [2.75, 3.05) is 13.2 Å². The summed E-state index contributed by atoms with van der Waals surface area (Å²) in [6.07, 6.45) is -4.39. The number of carbonyl (C=O) groups is 2. The molecule has 0 bridgehead atoms. The van der Waals surface area contributed by atoms with Crippen LogP contribution in [0, 0.1) is 10.3 Å². The van der Waals surface area contributed by atoms with Gasteiger partial charge in [-0.25, -0.2) is 4.79 Å². The van der Waals surface area contributed by atoms with Crippen LogP contribution in [0.15, 0.2) is 16.6 Å². The summed E-state index contributed by atoms with van der Waals surface area (Å²) in [6, 6.07) is 0. The fraction of sp³-hybridized carbons (Fsp3) is 0.714. The molecule has 10 heteroatoms. The number of halogens is 3. The van der Waals surface area contributed by atoms with E-state index in [0.717, 1.165) is 0 Å². The van der Waals surface area contributed by atoms with Gasteiger partial charge < -0.3 is 14.6 Å². The van der Waals surface area contributed by atoms with E-state index >= 15 is 0 Å². The van der Waals surface area contributed by atoms with Gasteiger partial charge >= 0.3 is 12.1 Å². The number of rotatable bonds is 6. The smallest absolute Gasteiger partial charge is 0.451 e. The van der Waals surface area contributed by atoms with Crippen molar-refractivity contribution in [3.8, 4) is 0 Å². The first-order chi connectivity index (χ1) is 11.0. The van der Waals surface area contributed by atoms with Crippen LogP contribution >= 0.6 is 0 Å². The third-order valence-electron chi connectivity index (χ3n) is 3.36. The molecule has 1 N–H and O–H groups in total. The molecule has 0 aromatic carbocycles. The van der Waals surface area contributed by atoms with Crippen LogP contribution in [0.2, 0.25) is 0 Å². The van der Waals surface area contributed by atoms with Gasteiger partial charge in [0.25, 0.3) is 0 Å². The molecule has 0 aromatic rings. The van der Waals surface area contributed by atoms with Crippen LogP contribution in [-0.4, -0.2) is 42.4 Å². The monoisotopic (exact) mass is 353 g/mol. The topological polar surface area (TPSA) is 102 Å². The number of hydrogen-bond donors (Lipinski definition) is 1. The summed E-state index contributed by atoms with van der Waals surface area (Å²) in [4.78, 5) is 33.2. The molecule has 0 radical (unpaired) electrons. The lowest BCUT2D eigenvalue weighted by Crippen LogP contribution is -2.34. The van der Waals surface area contributed by atoms with E-state index in [9.17, 15) is 27.7 Å². The number of aliphatic hydroxyl groups excluding tert-OH is 1. The van der Waals surface area contributed by atoms with E-state index in [4.69, 9.17) is 9.84 Å². The quantitative estimate of drug-likeness (QED) is 0.259. The Bertz CT molecular complexity index is 541. The first kappa shape index (κ1) is 20.1. The molecule has 0 spiro atoms. The molecule has 24 heavy (non-hydrogen) atoms. The normalized spacial score (nSPS) is 21.9. The van der Waals surface area contributed by atoms with Crippen molar-refractivity contribution in [3.05, 3.63) is 16.4 Å². The fourth-order valence-electron chi connectivity index (χ4n) is 2.47. The van der Waals surface area contributed by atoms with E-state index in [0.29, 0.717) is 12.8 Å². The Morgan fingerprint density at radius 1 is 1.38 bits per heavy atom. The van der Waals surface area contributed by atoms with E-state index in [-0.39, 0.29) is 30.3 Å². The number of nitrogens with zero attached hydrogens (tertiary/aromatic N) is 1. The maximum absolute atomic E-state index is 12.2. The number of esters is 1. The summed E-state index contributed by atoms with van der Waals surface area (Å²) in [6.45, 7) is 3.20. The minimum atomic E-state index is -5.28. The second-order valence-electron chi connectivity index (χ2n) is 6.20. The largest absolute Gasteiger partial charge is 0.502 e. The van der Waals surface area contributed by atoms with Crippen molar-refractivity contribution < 1.29 is 37.3 Å². The summed E-state index contributed by atoms with van der Waals surface area (Å²) < 4.78 is 46.4. The summed E-state index contributed by atoms with van der Waals surface area (Å²) in [7, 11) is 0. The zero-order chi connectivity index (χ0) is 18.5. The third-order valence-corrected chi connectivity index (χ3v) is 3.36. The van der Waals surface area contributed by atoms with Gasteiger partial charge in [0.2, 0.25) is 11.5 Å². The van der Waals surface area contributed by atoms with Gasteiger partial charge in [-0.2, -0.15) is 13.2 Å². The van der Waals surface area contributed by atoms with E-state index in [2.05, 4.69) is 4.74 Å². The van der Waals surface area contributed by atoms with Crippen LogP contribution in [-0.2, 0) is 19.1 Å². The molecule has 1 aliphatic carbocycles. The molecule has 1 atom stereocenters. The highest BCUT2D eigenvalue weighted by Gasteiger charge is 2.40. The number of Topliss-reactive ketones (excluding diaryl/α,β-unsaturated/α-hetero) is 1. The predicted octanol–water partition coefficient (Wildman–Crippen LogP) is 2.79. The third kappa shape index (κ3) is 5.91. The molecule has 1 unspecified atom stereocenters. The average Bonchev–Trinajstić information content (AvgIpc) is 2.41. The molecule has 1 rings (SSSR count). The van der Waals surface area contributed by atoms with Gasteiger partial charge in [0.15, 0.2) is 0 Å². The van der Waals surface area contributed by atoms with Crippen LogP contribution < -0.4 is 0 Å². The van der Waals surface area contributed by atoms with E-state index < -0.39 is 30.2 Å². The highest BCUT2D eigenvalue weighted by atomic mass is 19.4. The highest BCUT2D eigenvalue weighted by Crippen LogP contribution is 2.34. The van der Waals surface area contributed by atoms with Crippen LogP contribution in [0.5, 0.6) is 0 Å². The molecule has 136 valence electrons. The number of carbonyl (C=O) groups excluding carboxylic acids is 2. The fourth-order valence-corrected chi connectivity index (χ4v) is 2.47. The molecule has 0 amide bonds. The van der Waals surface area contributed by atoms with Gasteiger partial charge in [-0.15, -0.1) is 4.91 Å². The van der Waals surface area contributed by atoms with Crippen LogP contribution in [0.4, 0.5) is 13.2 Å². The lowest BCUT2D eigenvalue weighted by Gasteiger charge is -2.34. The maximum atomic E-state index is 12.2. The second kappa shape index (κ2) is 7.73. The first-order valence-electron chi connectivity index (χ1n) is 7.10. The van der Waals surface area contributed by atoms with E-state index in [1.54, 1.807) is 0 Å². The molecule has 1 fully saturated rings. The van der Waals surface area contributed by atoms with Crippen LogP contribution in [0.3, 0.4) is 0 Å². The molecular weight excluding hydrogens is 335 g/mol. The predicted molar refractivity (Wildman–Crippen MR) is 74.8 cm³/mol. The van der Waals surface area contributed by atoms with E-state index in [1.807, 2.05) is 19.0 Å². The van der Waals surface area contributed by atoms with Gasteiger partial charge in [-0.3, -0.25) is 4.79 Å². The summed E-state index contributed by atoms with van der Waals surface area (Å²) in [5, 5.41) is 10.6. The van der Waals surface area contributed by atoms with Crippen LogP contribution in [0.25, 0.3) is 0 Å². The van der Waals surface area contributed by atoms with Gasteiger partial charge in [0, 0.05) is 12.8 Å². The highest BCUT2D eigenvalue weighted by molar-refractivity contribution is 5.88. The molecule has 7 nitrogen and oxygen atoms in total. The minimum absolute atomic E-state index is 0.0405. The minimum Gasteiger partial charge on any atom is -0.502 e. The number of aliphatic hydroxyl groups is 1. The van der Waals surface area contributed by atoms with Crippen molar-refractivity contribution in [2.24, 2.45) is 10.6 Å². The number of ether oxygens (including phenoxy) is 2. The molecule has 0 saturated heterocycles. The number of hydrogen-bond acceptors (Lipinski definition) is 7. The summed E-state index contributed by atoms with van der Waals surface area (Å²) in [5.41, 5.74) is -1.97. The Kier molecular flexibility index (Phi) is 6.47. The lowest BCUT2D eigenvalue weighted by atomic mass is 9.75. The summed E-state index contributed by atoms with van der Waals surface area (Å²) >= 11 is 0. The summed E-state index contributed by atoms with van der Waals surface area (Å²) in [5.74, 6) is -4.08. The molecule has 0 aliphatic heterocycles. The second-order valence-corrected chi connectivity index (χ2v) is 6.20. The Morgan fingerprint density at radius 2 is 2.00 bits per heavy atom. The molecule has 0 aromatic heterocycles. The number of nitroso groups, excluding NO2 is 1. The van der Waals surface area contributed by atoms with Gasteiger partial charge in [0.1, 0.15) is 12.4 Å². The van der Waals surface area contributed by atoms with Gasteiger partial charge in [0.05, 0.1) is 12.7 Å². The van der Waals surface area contributed by atoms with Gasteiger partial charge in [-0.05, 0) is 17.0 Å². The van der Waals surface area contributed by atoms with Crippen molar-refractivity contribution in [1.82, 2.24) is 0 Å². The lowest BCUT2D eigenvalue weighted by molar-refractivity contribution is -0.146. The van der Waals surface area contributed by atoms with Crippen molar-refractivity contribution in [3.63, 3.8) is 0 Å². The number of alkyl halides is 3. The molecule has 1 saturated carbocycles. The SMILES string of the molecule is CC1(C)CC(=O)CC(OCCOC(=O)C(N=O)=C(O)C(F)(F)F)C1. The standard InChI is InChI=1S/C14H18F3NO6/c1-13(2)6-8(19)5-9(7-13)23-3-4-24-12(21)10(18-22)11(20)14(15,16)17/h9,20H,3-7H2,1-2H3. The Labute approximate surface area is 135 Å². The Morgan fingerprint density at radius 3 is 2.50 bits per heavy atom. The molecule has 0 heterocycles. The van der Waals surface area contributed by atoms with Crippen molar-refractivity contribution in [2.45, 2.75) is 45.4 Å². The molecular formula is C14H18F3NO6. The van der Waals surface area contributed by atoms with E-state index in [1.165, 1.54) is 0 Å². The average molecular weight is 353 g/mol. The Hall–Kier alpha value is -1.97. The Balaban J connectivity index is 2.49. The zero-order valence-electron chi connectivity index (χ0n) is 13.2. The maximum Gasteiger partial charge on any atom is 0.451 e.